The lowest BCUT2D eigenvalue weighted by atomic mass is 9.98. The number of hydrogen-bond acceptors (Lipinski definition) is 1. The molecule has 0 heterocycles. The standard InChI is InChI=1S/C11H18O/c1-10-6-4-2-3-5-7-11(12)9-8-10/h4,6,10H,2-3,5,7-9H2,1H3. The van der Waals surface area contributed by atoms with Gasteiger partial charge in [0, 0.05) is 12.8 Å². The maximum Gasteiger partial charge on any atom is 0.132 e. The molecule has 1 atom stereocenters. The molecule has 12 heavy (non-hydrogen) atoms. The van der Waals surface area contributed by atoms with Crippen molar-refractivity contribution in [2.75, 3.05) is 0 Å². The molecule has 0 N–H and O–H groups in total. The zero-order valence-corrected chi connectivity index (χ0v) is 7.88. The van der Waals surface area contributed by atoms with E-state index in [1.165, 1.54) is 6.42 Å². The van der Waals surface area contributed by atoms with E-state index in [1.807, 2.05) is 0 Å². The zero-order valence-electron chi connectivity index (χ0n) is 7.88. The van der Waals surface area contributed by atoms with E-state index < -0.39 is 0 Å². The van der Waals surface area contributed by atoms with Gasteiger partial charge >= 0.3 is 0 Å². The summed E-state index contributed by atoms with van der Waals surface area (Å²) in [5.74, 6) is 1.05. The van der Waals surface area contributed by atoms with Crippen LogP contribution in [0.4, 0.5) is 0 Å². The molecule has 0 bridgehead atoms. The van der Waals surface area contributed by atoms with Crippen molar-refractivity contribution in [1.82, 2.24) is 0 Å². The van der Waals surface area contributed by atoms with Crippen molar-refractivity contribution >= 4 is 5.78 Å². The Kier molecular flexibility index (Phi) is 4.06. The quantitative estimate of drug-likeness (QED) is 0.505. The van der Waals surface area contributed by atoms with E-state index in [-0.39, 0.29) is 0 Å². The van der Waals surface area contributed by atoms with E-state index in [9.17, 15) is 4.79 Å². The molecule has 0 aromatic carbocycles. The maximum atomic E-state index is 11.2. The number of Topliss-reactive ketones (excluding diaryl/α,β-unsaturated/α-hetero) is 1. The number of hydrogen-bond donors (Lipinski definition) is 0. The molecule has 1 nitrogen and oxygen atoms in total. The molecule has 1 aliphatic rings. The number of carbonyl (C=O) groups is 1. The Morgan fingerprint density at radius 1 is 1.33 bits per heavy atom. The smallest absolute Gasteiger partial charge is 0.132 e. The van der Waals surface area contributed by atoms with Crippen LogP contribution >= 0.6 is 0 Å². The summed E-state index contributed by atoms with van der Waals surface area (Å²) in [6, 6.07) is 0. The highest BCUT2D eigenvalue weighted by atomic mass is 16.1. The summed E-state index contributed by atoms with van der Waals surface area (Å²) in [6.07, 6.45) is 10.5. The zero-order chi connectivity index (χ0) is 8.81. The summed E-state index contributed by atoms with van der Waals surface area (Å²) in [5.41, 5.74) is 0. The minimum absolute atomic E-state index is 0.456. The molecule has 0 fully saturated rings. The molecule has 68 valence electrons. The van der Waals surface area contributed by atoms with Crippen LogP contribution in [-0.4, -0.2) is 5.78 Å². The number of rotatable bonds is 0. The predicted octanol–water partition coefficient (Wildman–Crippen LogP) is 3.10. The van der Waals surface area contributed by atoms with E-state index >= 15 is 0 Å². The van der Waals surface area contributed by atoms with Crippen LogP contribution in [0.15, 0.2) is 12.2 Å². The van der Waals surface area contributed by atoms with Crippen molar-refractivity contribution < 1.29 is 4.79 Å². The molecular formula is C11H18O. The maximum absolute atomic E-state index is 11.2. The number of allylic oxidation sites excluding steroid dienone is 2. The van der Waals surface area contributed by atoms with Crippen LogP contribution in [0.25, 0.3) is 0 Å². The Morgan fingerprint density at radius 3 is 3.00 bits per heavy atom. The summed E-state index contributed by atoms with van der Waals surface area (Å²) in [7, 11) is 0. The molecule has 0 radical (unpaired) electrons. The monoisotopic (exact) mass is 166 g/mol. The van der Waals surface area contributed by atoms with Crippen molar-refractivity contribution in [3.8, 4) is 0 Å². The van der Waals surface area contributed by atoms with Gasteiger partial charge in [-0.1, -0.05) is 19.1 Å². The Labute approximate surface area is 74.9 Å². The lowest BCUT2D eigenvalue weighted by Crippen LogP contribution is -2.02. The van der Waals surface area contributed by atoms with Crippen molar-refractivity contribution in [2.24, 2.45) is 5.92 Å². The third-order valence-corrected chi connectivity index (χ3v) is 2.42. The first-order valence-electron chi connectivity index (χ1n) is 4.97. The average molecular weight is 166 g/mol. The van der Waals surface area contributed by atoms with Gasteiger partial charge < -0.3 is 0 Å². The minimum atomic E-state index is 0.456. The predicted molar refractivity (Wildman–Crippen MR) is 51.0 cm³/mol. The average Bonchev–Trinajstić information content (AvgIpc) is 2.07. The van der Waals surface area contributed by atoms with Gasteiger partial charge in [-0.3, -0.25) is 4.79 Å². The van der Waals surface area contributed by atoms with Crippen molar-refractivity contribution in [3.63, 3.8) is 0 Å². The van der Waals surface area contributed by atoms with Gasteiger partial charge in [-0.05, 0) is 31.6 Å². The number of carbonyl (C=O) groups excluding carboxylic acids is 1. The normalized spacial score (nSPS) is 27.1. The van der Waals surface area contributed by atoms with E-state index in [4.69, 9.17) is 0 Å². The molecule has 1 rings (SSSR count). The molecule has 0 aliphatic heterocycles. The second-order valence-electron chi connectivity index (χ2n) is 3.73. The third kappa shape index (κ3) is 3.70. The second-order valence-corrected chi connectivity index (χ2v) is 3.73. The number of ketones is 1. The fourth-order valence-electron chi connectivity index (χ4n) is 1.52. The lowest BCUT2D eigenvalue weighted by Gasteiger charge is -2.07. The first-order chi connectivity index (χ1) is 5.79. The van der Waals surface area contributed by atoms with Gasteiger partial charge in [0.15, 0.2) is 0 Å². The van der Waals surface area contributed by atoms with Crippen LogP contribution in [-0.2, 0) is 4.79 Å². The van der Waals surface area contributed by atoms with Gasteiger partial charge in [0.05, 0.1) is 0 Å². The van der Waals surface area contributed by atoms with Crippen LogP contribution < -0.4 is 0 Å². The van der Waals surface area contributed by atoms with Crippen LogP contribution in [0.1, 0.15) is 45.4 Å². The summed E-state index contributed by atoms with van der Waals surface area (Å²) in [5, 5.41) is 0. The molecule has 0 saturated heterocycles. The Bertz CT molecular complexity index is 170. The Balaban J connectivity index is 2.40. The molecule has 1 heteroatoms. The lowest BCUT2D eigenvalue weighted by molar-refractivity contribution is -0.119. The van der Waals surface area contributed by atoms with Gasteiger partial charge in [0.1, 0.15) is 5.78 Å². The van der Waals surface area contributed by atoms with Crippen LogP contribution in [0.2, 0.25) is 0 Å². The molecule has 0 saturated carbocycles. The summed E-state index contributed by atoms with van der Waals surface area (Å²) >= 11 is 0. The van der Waals surface area contributed by atoms with E-state index in [0.29, 0.717) is 11.7 Å². The molecule has 1 aliphatic carbocycles. The molecule has 0 aromatic rings. The summed E-state index contributed by atoms with van der Waals surface area (Å²) in [4.78, 5) is 11.2. The first kappa shape index (κ1) is 9.50. The van der Waals surface area contributed by atoms with Crippen molar-refractivity contribution in [3.05, 3.63) is 12.2 Å². The molecule has 0 spiro atoms. The minimum Gasteiger partial charge on any atom is -0.300 e. The Hall–Kier alpha value is -0.590. The highest BCUT2D eigenvalue weighted by molar-refractivity contribution is 5.78. The highest BCUT2D eigenvalue weighted by Crippen LogP contribution is 2.13. The Morgan fingerprint density at radius 2 is 2.17 bits per heavy atom. The molecular weight excluding hydrogens is 148 g/mol. The fourth-order valence-corrected chi connectivity index (χ4v) is 1.52. The van der Waals surface area contributed by atoms with Gasteiger partial charge in [0.2, 0.25) is 0 Å². The topological polar surface area (TPSA) is 17.1 Å². The fraction of sp³-hybridized carbons (Fsp3) is 0.727. The van der Waals surface area contributed by atoms with Crippen LogP contribution in [0, 0.1) is 5.92 Å². The van der Waals surface area contributed by atoms with E-state index in [0.717, 1.165) is 32.1 Å². The third-order valence-electron chi connectivity index (χ3n) is 2.42. The SMILES string of the molecule is CC1C=CCCCCC(=O)CC1. The summed E-state index contributed by atoms with van der Waals surface area (Å²) < 4.78 is 0. The first-order valence-corrected chi connectivity index (χ1v) is 4.97. The second kappa shape index (κ2) is 5.13. The van der Waals surface area contributed by atoms with Gasteiger partial charge in [-0.25, -0.2) is 0 Å². The van der Waals surface area contributed by atoms with Gasteiger partial charge in [0.25, 0.3) is 0 Å². The van der Waals surface area contributed by atoms with Crippen molar-refractivity contribution in [1.29, 1.82) is 0 Å². The molecule has 1 unspecified atom stereocenters. The summed E-state index contributed by atoms with van der Waals surface area (Å²) in [6.45, 7) is 2.19. The van der Waals surface area contributed by atoms with Crippen LogP contribution in [0.3, 0.4) is 0 Å². The van der Waals surface area contributed by atoms with Gasteiger partial charge in [-0.15, -0.1) is 0 Å². The molecule has 0 aromatic heterocycles. The molecule has 0 amide bonds. The van der Waals surface area contributed by atoms with Crippen molar-refractivity contribution in [2.45, 2.75) is 45.4 Å². The van der Waals surface area contributed by atoms with Gasteiger partial charge in [-0.2, -0.15) is 0 Å². The van der Waals surface area contributed by atoms with Crippen LogP contribution in [0.5, 0.6) is 0 Å². The highest BCUT2D eigenvalue weighted by Gasteiger charge is 2.05. The largest absolute Gasteiger partial charge is 0.300 e. The van der Waals surface area contributed by atoms with E-state index in [1.54, 1.807) is 0 Å². The van der Waals surface area contributed by atoms with E-state index in [2.05, 4.69) is 19.1 Å².